The molecule has 1 aromatic carbocycles. The molecule has 3 heteroatoms. The lowest BCUT2D eigenvalue weighted by atomic mass is 9.88. The molecule has 0 bridgehead atoms. The smallest absolute Gasteiger partial charge is 0.338 e. The Labute approximate surface area is 97.8 Å². The number of halogens is 1. The molecule has 0 atom stereocenters. The first kappa shape index (κ1) is 10.7. The maximum absolute atomic E-state index is 11.6. The number of hydrogen-bond acceptors (Lipinski definition) is 2. The predicted molar refractivity (Wildman–Crippen MR) is 62.1 cm³/mol. The summed E-state index contributed by atoms with van der Waals surface area (Å²) >= 11 is 3.43. The molecule has 0 fully saturated rings. The Morgan fingerprint density at radius 3 is 2.80 bits per heavy atom. The number of ether oxygens (including phenoxy) is 1. The van der Waals surface area contributed by atoms with Gasteiger partial charge in [-0.2, -0.15) is 0 Å². The molecule has 0 heterocycles. The number of hydrogen-bond donors (Lipinski definition) is 0. The van der Waals surface area contributed by atoms with Crippen molar-refractivity contribution < 1.29 is 9.53 Å². The molecule has 0 amide bonds. The van der Waals surface area contributed by atoms with Crippen LogP contribution in [0.2, 0.25) is 0 Å². The fourth-order valence-corrected chi connectivity index (χ4v) is 2.63. The average Bonchev–Trinajstić information content (AvgIpc) is 2.26. The van der Waals surface area contributed by atoms with Crippen LogP contribution >= 0.6 is 15.9 Å². The summed E-state index contributed by atoms with van der Waals surface area (Å²) in [6.07, 6.45) is 4.44. The van der Waals surface area contributed by atoms with Crippen molar-refractivity contribution in [1.82, 2.24) is 0 Å². The standard InChI is InChI=1S/C12H13BrO2/c1-15-12(14)11-7-9(13)6-8-4-2-3-5-10(8)11/h6-7H,2-5H2,1H3. The minimum Gasteiger partial charge on any atom is -0.465 e. The molecule has 2 nitrogen and oxygen atoms in total. The lowest BCUT2D eigenvalue weighted by Crippen LogP contribution is -2.12. The number of rotatable bonds is 1. The molecule has 0 spiro atoms. The minimum absolute atomic E-state index is 0.227. The van der Waals surface area contributed by atoms with Gasteiger partial charge in [-0.1, -0.05) is 15.9 Å². The Morgan fingerprint density at radius 1 is 1.33 bits per heavy atom. The zero-order chi connectivity index (χ0) is 10.8. The van der Waals surface area contributed by atoms with Gasteiger partial charge in [-0.15, -0.1) is 0 Å². The zero-order valence-corrected chi connectivity index (χ0v) is 10.3. The summed E-state index contributed by atoms with van der Waals surface area (Å²) in [5.74, 6) is -0.227. The predicted octanol–water partition coefficient (Wildman–Crippen LogP) is 3.11. The normalized spacial score (nSPS) is 14.5. The first-order valence-corrected chi connectivity index (χ1v) is 5.91. The quantitative estimate of drug-likeness (QED) is 0.732. The largest absolute Gasteiger partial charge is 0.465 e. The van der Waals surface area contributed by atoms with Crippen LogP contribution in [0.4, 0.5) is 0 Å². The Balaban J connectivity index is 2.52. The summed E-state index contributed by atoms with van der Waals surface area (Å²) in [5.41, 5.74) is 3.19. The first-order valence-electron chi connectivity index (χ1n) is 5.12. The summed E-state index contributed by atoms with van der Waals surface area (Å²) in [4.78, 5) is 11.6. The zero-order valence-electron chi connectivity index (χ0n) is 8.68. The minimum atomic E-state index is -0.227. The van der Waals surface area contributed by atoms with Crippen molar-refractivity contribution in [2.45, 2.75) is 25.7 Å². The molecule has 2 rings (SSSR count). The SMILES string of the molecule is COC(=O)c1cc(Br)cc2c1CCCC2. The van der Waals surface area contributed by atoms with Gasteiger partial charge in [-0.3, -0.25) is 0 Å². The highest BCUT2D eigenvalue weighted by atomic mass is 79.9. The molecule has 1 aliphatic carbocycles. The van der Waals surface area contributed by atoms with Gasteiger partial charge in [0.1, 0.15) is 0 Å². The van der Waals surface area contributed by atoms with Gasteiger partial charge in [-0.05, 0) is 48.9 Å². The second-order valence-corrected chi connectivity index (χ2v) is 4.71. The van der Waals surface area contributed by atoms with E-state index >= 15 is 0 Å². The van der Waals surface area contributed by atoms with Gasteiger partial charge >= 0.3 is 5.97 Å². The number of methoxy groups -OCH3 is 1. The van der Waals surface area contributed by atoms with E-state index < -0.39 is 0 Å². The number of benzene rings is 1. The molecular weight excluding hydrogens is 256 g/mol. The van der Waals surface area contributed by atoms with Crippen molar-refractivity contribution in [3.8, 4) is 0 Å². The molecule has 15 heavy (non-hydrogen) atoms. The van der Waals surface area contributed by atoms with Crippen LogP contribution in [0.1, 0.15) is 34.3 Å². The van der Waals surface area contributed by atoms with E-state index in [1.165, 1.54) is 31.1 Å². The third-order valence-corrected chi connectivity index (χ3v) is 3.29. The first-order chi connectivity index (χ1) is 7.22. The van der Waals surface area contributed by atoms with Crippen LogP contribution in [0.5, 0.6) is 0 Å². The molecule has 1 aromatic rings. The van der Waals surface area contributed by atoms with Crippen LogP contribution in [-0.4, -0.2) is 13.1 Å². The Morgan fingerprint density at radius 2 is 2.07 bits per heavy atom. The number of esters is 1. The van der Waals surface area contributed by atoms with Crippen molar-refractivity contribution in [2.75, 3.05) is 7.11 Å². The molecule has 0 N–H and O–H groups in total. The Bertz CT molecular complexity index is 399. The van der Waals surface area contributed by atoms with Gasteiger partial charge in [0.25, 0.3) is 0 Å². The van der Waals surface area contributed by atoms with Crippen LogP contribution in [0.25, 0.3) is 0 Å². The third-order valence-electron chi connectivity index (χ3n) is 2.84. The van der Waals surface area contributed by atoms with Crippen LogP contribution < -0.4 is 0 Å². The lowest BCUT2D eigenvalue weighted by Gasteiger charge is -2.18. The van der Waals surface area contributed by atoms with Gasteiger partial charge < -0.3 is 4.74 Å². The van der Waals surface area contributed by atoms with Gasteiger partial charge in [0.15, 0.2) is 0 Å². The monoisotopic (exact) mass is 268 g/mol. The fraction of sp³-hybridized carbons (Fsp3) is 0.417. The highest BCUT2D eigenvalue weighted by molar-refractivity contribution is 9.10. The van der Waals surface area contributed by atoms with Crippen molar-refractivity contribution >= 4 is 21.9 Å². The van der Waals surface area contributed by atoms with Crippen LogP contribution in [0.15, 0.2) is 16.6 Å². The van der Waals surface area contributed by atoms with E-state index in [1.54, 1.807) is 0 Å². The average molecular weight is 269 g/mol. The van der Waals surface area contributed by atoms with E-state index in [0.29, 0.717) is 0 Å². The maximum Gasteiger partial charge on any atom is 0.338 e. The molecule has 1 aliphatic rings. The van der Waals surface area contributed by atoms with Crippen molar-refractivity contribution in [2.24, 2.45) is 0 Å². The van der Waals surface area contributed by atoms with Crippen molar-refractivity contribution in [3.05, 3.63) is 33.3 Å². The second-order valence-electron chi connectivity index (χ2n) is 3.79. The molecule has 80 valence electrons. The van der Waals surface area contributed by atoms with Crippen LogP contribution in [0, 0.1) is 0 Å². The fourth-order valence-electron chi connectivity index (χ4n) is 2.12. The Hall–Kier alpha value is -0.830. The van der Waals surface area contributed by atoms with E-state index in [9.17, 15) is 4.79 Å². The van der Waals surface area contributed by atoms with Crippen molar-refractivity contribution in [3.63, 3.8) is 0 Å². The molecular formula is C12H13BrO2. The summed E-state index contributed by atoms with van der Waals surface area (Å²) in [6, 6.07) is 3.97. The summed E-state index contributed by atoms with van der Waals surface area (Å²) in [7, 11) is 1.43. The molecule has 0 radical (unpaired) electrons. The number of aryl methyl sites for hydroxylation is 1. The topological polar surface area (TPSA) is 26.3 Å². The van der Waals surface area contributed by atoms with Gasteiger partial charge in [0, 0.05) is 4.47 Å². The van der Waals surface area contributed by atoms with Gasteiger partial charge in [0.2, 0.25) is 0 Å². The third kappa shape index (κ3) is 2.07. The Kier molecular flexibility index (Phi) is 3.10. The van der Waals surface area contributed by atoms with Gasteiger partial charge in [-0.25, -0.2) is 4.79 Å². The second kappa shape index (κ2) is 4.35. The molecule has 0 aromatic heterocycles. The molecule has 0 saturated heterocycles. The van der Waals surface area contributed by atoms with E-state index in [4.69, 9.17) is 4.74 Å². The molecule has 0 unspecified atom stereocenters. The summed E-state index contributed by atoms with van der Waals surface area (Å²) in [5, 5.41) is 0. The van der Waals surface area contributed by atoms with E-state index in [-0.39, 0.29) is 5.97 Å². The molecule has 0 saturated carbocycles. The highest BCUT2D eigenvalue weighted by Crippen LogP contribution is 2.28. The number of fused-ring (bicyclic) bond motifs is 1. The van der Waals surface area contributed by atoms with E-state index in [2.05, 4.69) is 22.0 Å². The van der Waals surface area contributed by atoms with Crippen LogP contribution in [0.3, 0.4) is 0 Å². The molecule has 0 aliphatic heterocycles. The van der Waals surface area contributed by atoms with Crippen LogP contribution in [-0.2, 0) is 17.6 Å². The number of carbonyl (C=O) groups excluding carboxylic acids is 1. The van der Waals surface area contributed by atoms with Gasteiger partial charge in [0.05, 0.1) is 12.7 Å². The maximum atomic E-state index is 11.6. The van der Waals surface area contributed by atoms with Crippen molar-refractivity contribution in [1.29, 1.82) is 0 Å². The highest BCUT2D eigenvalue weighted by Gasteiger charge is 2.18. The number of carbonyl (C=O) groups is 1. The van der Waals surface area contributed by atoms with E-state index in [0.717, 1.165) is 22.9 Å². The summed E-state index contributed by atoms with van der Waals surface area (Å²) in [6.45, 7) is 0. The summed E-state index contributed by atoms with van der Waals surface area (Å²) < 4.78 is 5.76. The van der Waals surface area contributed by atoms with E-state index in [1.807, 2.05) is 6.07 Å². The lowest BCUT2D eigenvalue weighted by molar-refractivity contribution is 0.0599.